The first kappa shape index (κ1) is 16.7. The summed E-state index contributed by atoms with van der Waals surface area (Å²) in [6.07, 6.45) is 2.21. The molecule has 2 rings (SSSR count). The van der Waals surface area contributed by atoms with E-state index in [1.54, 1.807) is 4.90 Å². The molecule has 8 heteroatoms. The van der Waals surface area contributed by atoms with E-state index >= 15 is 0 Å². The second kappa shape index (κ2) is 7.53. The van der Waals surface area contributed by atoms with Gasteiger partial charge < -0.3 is 14.5 Å². The lowest BCUT2D eigenvalue weighted by Crippen LogP contribution is -2.47. The first-order valence-corrected chi connectivity index (χ1v) is 7.68. The Morgan fingerprint density at radius 3 is 3.00 bits per heavy atom. The van der Waals surface area contributed by atoms with E-state index in [9.17, 15) is 9.59 Å². The van der Waals surface area contributed by atoms with Gasteiger partial charge in [-0.1, -0.05) is 17.8 Å². The Labute approximate surface area is 135 Å². The van der Waals surface area contributed by atoms with E-state index in [0.29, 0.717) is 32.5 Å². The number of ether oxygens (including phenoxy) is 1. The number of carbonyl (C=O) groups excluding carboxylic acids is 2. The minimum absolute atomic E-state index is 0.0278. The molecule has 2 amide bonds. The average Bonchev–Trinajstić information content (AvgIpc) is 3.11. The fourth-order valence-electron chi connectivity index (χ4n) is 2.71. The first-order valence-electron chi connectivity index (χ1n) is 7.16. The van der Waals surface area contributed by atoms with Crippen LogP contribution < -0.4 is 0 Å². The predicted molar refractivity (Wildman–Crippen MR) is 85.1 cm³/mol. The van der Waals surface area contributed by atoms with E-state index in [1.807, 2.05) is 0 Å². The summed E-state index contributed by atoms with van der Waals surface area (Å²) in [5.74, 6) is -0.0894. The summed E-state index contributed by atoms with van der Waals surface area (Å²) in [6, 6.07) is -0.526. The molecule has 0 radical (unpaired) electrons. The van der Waals surface area contributed by atoms with Crippen molar-refractivity contribution in [3.05, 3.63) is 12.7 Å². The molecule has 2 heterocycles. The topological polar surface area (TPSA) is 71.4 Å². The smallest absolute Gasteiger partial charge is 0.410 e. The minimum Gasteiger partial charge on any atom is -0.445 e. The maximum Gasteiger partial charge on any atom is 0.410 e. The third-order valence-corrected chi connectivity index (χ3v) is 4.07. The molecule has 2 atom stereocenters. The van der Waals surface area contributed by atoms with E-state index in [2.05, 4.69) is 24.4 Å². The van der Waals surface area contributed by atoms with E-state index in [1.165, 1.54) is 18.1 Å². The van der Waals surface area contributed by atoms with Crippen LogP contribution in [-0.4, -0.2) is 72.2 Å². The van der Waals surface area contributed by atoms with Gasteiger partial charge >= 0.3 is 6.09 Å². The first-order chi connectivity index (χ1) is 10.6. The molecule has 0 unspecified atom stereocenters. The minimum atomic E-state index is -0.526. The number of rotatable bonds is 4. The highest BCUT2D eigenvalue weighted by Gasteiger charge is 2.42. The van der Waals surface area contributed by atoms with Crippen molar-refractivity contribution in [2.75, 3.05) is 33.4 Å². The lowest BCUT2D eigenvalue weighted by atomic mass is 10.2. The van der Waals surface area contributed by atoms with Gasteiger partial charge in [0.25, 0.3) is 0 Å². The van der Waals surface area contributed by atoms with Gasteiger partial charge in [-0.15, -0.1) is 0 Å². The van der Waals surface area contributed by atoms with Crippen molar-refractivity contribution in [2.45, 2.75) is 24.1 Å². The Morgan fingerprint density at radius 2 is 2.32 bits per heavy atom. The summed E-state index contributed by atoms with van der Waals surface area (Å²) in [7, 11) is 1.48. The molecule has 0 spiro atoms. The van der Waals surface area contributed by atoms with Crippen LogP contribution in [0.15, 0.2) is 17.8 Å². The highest BCUT2D eigenvalue weighted by atomic mass is 32.1. The van der Waals surface area contributed by atoms with Crippen molar-refractivity contribution in [3.63, 3.8) is 0 Å². The van der Waals surface area contributed by atoms with Crippen molar-refractivity contribution in [1.29, 1.82) is 0 Å². The Hall–Kier alpha value is -1.70. The second-order valence-electron chi connectivity index (χ2n) is 5.27. The largest absolute Gasteiger partial charge is 0.445 e. The second-order valence-corrected chi connectivity index (χ2v) is 6.00. The third kappa shape index (κ3) is 3.73. The molecule has 2 aliphatic rings. The van der Waals surface area contributed by atoms with Crippen molar-refractivity contribution >= 4 is 30.3 Å². The Balaban J connectivity index is 2.02. The zero-order valence-electron chi connectivity index (χ0n) is 12.6. The average molecular weight is 327 g/mol. The Bertz CT molecular complexity index is 483. The van der Waals surface area contributed by atoms with Crippen molar-refractivity contribution < 1.29 is 19.2 Å². The van der Waals surface area contributed by atoms with Gasteiger partial charge in [0.15, 0.2) is 0 Å². The molecule has 0 bridgehead atoms. The predicted octanol–water partition coefficient (Wildman–Crippen LogP) is 0.916. The zero-order valence-corrected chi connectivity index (χ0v) is 13.5. The van der Waals surface area contributed by atoms with Crippen LogP contribution >= 0.6 is 12.6 Å². The lowest BCUT2D eigenvalue weighted by molar-refractivity contribution is -0.134. The van der Waals surface area contributed by atoms with Crippen LogP contribution in [0.3, 0.4) is 0 Å². The van der Waals surface area contributed by atoms with Crippen molar-refractivity contribution in [2.24, 2.45) is 5.16 Å². The number of thiol groups is 1. The number of likely N-dealkylation sites (tertiary alicyclic amines) is 2. The van der Waals surface area contributed by atoms with Gasteiger partial charge in [0.1, 0.15) is 19.8 Å². The van der Waals surface area contributed by atoms with E-state index < -0.39 is 12.1 Å². The standard InChI is InChI=1S/C14H21N3O4S/c1-3-6-21-14(19)17-9-11(22)7-12(17)13(18)16-5-4-10(8-16)15-20-2/h3,11-12,22H,1,4-9H2,2H3/b15-10+/t11-,12-/m0/s1. The summed E-state index contributed by atoms with van der Waals surface area (Å²) >= 11 is 4.40. The summed E-state index contributed by atoms with van der Waals surface area (Å²) in [4.78, 5) is 32.6. The van der Waals surface area contributed by atoms with E-state index in [4.69, 9.17) is 9.57 Å². The van der Waals surface area contributed by atoms with Gasteiger partial charge in [-0.2, -0.15) is 12.6 Å². The summed E-state index contributed by atoms with van der Waals surface area (Å²) in [6.45, 7) is 5.07. The molecule has 0 N–H and O–H groups in total. The maximum atomic E-state index is 12.7. The van der Waals surface area contributed by atoms with Gasteiger partial charge in [-0.05, 0) is 6.42 Å². The number of carbonyl (C=O) groups is 2. The van der Waals surface area contributed by atoms with Crippen LogP contribution in [0.25, 0.3) is 0 Å². The van der Waals surface area contributed by atoms with Gasteiger partial charge in [0.2, 0.25) is 5.91 Å². The summed E-state index contributed by atoms with van der Waals surface area (Å²) in [5.41, 5.74) is 0.831. The molecule has 0 saturated carbocycles. The molecule has 2 fully saturated rings. The Morgan fingerprint density at radius 1 is 1.55 bits per heavy atom. The van der Waals surface area contributed by atoms with Crippen LogP contribution in [0.1, 0.15) is 12.8 Å². The highest BCUT2D eigenvalue weighted by molar-refractivity contribution is 7.81. The molecule has 0 aromatic heterocycles. The van der Waals surface area contributed by atoms with Crippen LogP contribution in [-0.2, 0) is 14.4 Å². The SMILES string of the molecule is C=CCOC(=O)N1C[C@@H](S)C[C@H]1C(=O)N1CC/C(=N\OC)C1. The molecule has 0 aromatic rings. The Kier molecular flexibility index (Phi) is 5.70. The number of amides is 2. The van der Waals surface area contributed by atoms with Gasteiger partial charge in [0.05, 0.1) is 12.3 Å². The quantitative estimate of drug-likeness (QED) is 0.473. The van der Waals surface area contributed by atoms with E-state index in [-0.39, 0.29) is 17.8 Å². The molecular weight excluding hydrogens is 306 g/mol. The van der Waals surface area contributed by atoms with Gasteiger partial charge in [0, 0.05) is 24.8 Å². The van der Waals surface area contributed by atoms with Crippen LogP contribution in [0.5, 0.6) is 0 Å². The third-order valence-electron chi connectivity index (χ3n) is 3.70. The zero-order chi connectivity index (χ0) is 16.1. The number of nitrogens with zero attached hydrogens (tertiary/aromatic N) is 3. The fourth-order valence-corrected chi connectivity index (χ4v) is 3.08. The number of hydrogen-bond acceptors (Lipinski definition) is 6. The van der Waals surface area contributed by atoms with Gasteiger partial charge in [-0.3, -0.25) is 9.69 Å². The molecule has 7 nitrogen and oxygen atoms in total. The highest BCUT2D eigenvalue weighted by Crippen LogP contribution is 2.25. The lowest BCUT2D eigenvalue weighted by Gasteiger charge is -2.26. The molecule has 2 saturated heterocycles. The molecule has 122 valence electrons. The molecule has 22 heavy (non-hydrogen) atoms. The molecule has 0 aromatic carbocycles. The molecule has 0 aliphatic carbocycles. The molecule has 2 aliphatic heterocycles. The maximum absolute atomic E-state index is 12.7. The van der Waals surface area contributed by atoms with Gasteiger partial charge in [-0.25, -0.2) is 4.79 Å². The fraction of sp³-hybridized carbons (Fsp3) is 0.643. The molecular formula is C14H21N3O4S. The van der Waals surface area contributed by atoms with Crippen molar-refractivity contribution in [3.8, 4) is 0 Å². The summed E-state index contributed by atoms with van der Waals surface area (Å²) < 4.78 is 5.05. The number of oxime groups is 1. The number of hydrogen-bond donors (Lipinski definition) is 1. The van der Waals surface area contributed by atoms with E-state index in [0.717, 1.165) is 5.71 Å². The van der Waals surface area contributed by atoms with Crippen LogP contribution in [0.4, 0.5) is 4.79 Å². The van der Waals surface area contributed by atoms with Crippen molar-refractivity contribution in [1.82, 2.24) is 9.80 Å². The van der Waals surface area contributed by atoms with Crippen LogP contribution in [0.2, 0.25) is 0 Å². The van der Waals surface area contributed by atoms with Crippen LogP contribution in [0, 0.1) is 0 Å². The summed E-state index contributed by atoms with van der Waals surface area (Å²) in [5, 5.41) is 3.86. The monoisotopic (exact) mass is 327 g/mol. The normalized spacial score (nSPS) is 26.4.